The molecule has 0 spiro atoms. The Kier molecular flexibility index (Phi) is 6.20. The zero-order valence-electron chi connectivity index (χ0n) is 19.4. The number of fused-ring (bicyclic) bond motifs is 4. The Bertz CT molecular complexity index is 1190. The molecule has 36 heavy (non-hydrogen) atoms. The van der Waals surface area contributed by atoms with E-state index in [0.717, 1.165) is 27.8 Å². The summed E-state index contributed by atoms with van der Waals surface area (Å²) in [6.07, 6.45) is -5.58. The molecule has 0 saturated carbocycles. The van der Waals surface area contributed by atoms with Crippen molar-refractivity contribution in [1.29, 1.82) is 0 Å². The highest BCUT2D eigenvalue weighted by Gasteiger charge is 2.49. The van der Waals surface area contributed by atoms with Gasteiger partial charge in [-0.05, 0) is 22.3 Å². The van der Waals surface area contributed by atoms with E-state index in [1.54, 1.807) is 0 Å². The molecule has 3 N–H and O–H groups in total. The number of amides is 1. The van der Waals surface area contributed by atoms with Crippen molar-refractivity contribution in [3.05, 3.63) is 95.6 Å². The molecular formula is C28H27NO7. The van der Waals surface area contributed by atoms with Crippen LogP contribution in [0.2, 0.25) is 0 Å². The van der Waals surface area contributed by atoms with Gasteiger partial charge < -0.3 is 34.5 Å². The van der Waals surface area contributed by atoms with Crippen LogP contribution in [-0.4, -0.2) is 60.2 Å². The smallest absolute Gasteiger partial charge is 0.407 e. The van der Waals surface area contributed by atoms with Crippen LogP contribution in [0.5, 0.6) is 0 Å². The first-order chi connectivity index (χ1) is 17.6. The minimum atomic E-state index is -1.44. The molecule has 1 unspecified atom stereocenters. The number of aliphatic hydroxyl groups excluding tert-OH is 2. The van der Waals surface area contributed by atoms with Gasteiger partial charge in [-0.25, -0.2) is 4.79 Å². The number of ether oxygens (including phenoxy) is 4. The first-order valence-electron chi connectivity index (χ1n) is 12.1. The van der Waals surface area contributed by atoms with E-state index in [1.165, 1.54) is 0 Å². The van der Waals surface area contributed by atoms with E-state index in [1.807, 2.05) is 66.7 Å². The molecule has 8 heteroatoms. The van der Waals surface area contributed by atoms with Crippen LogP contribution in [0.4, 0.5) is 4.79 Å². The fourth-order valence-corrected chi connectivity index (χ4v) is 5.32. The van der Waals surface area contributed by atoms with Crippen molar-refractivity contribution >= 4 is 6.09 Å². The molecule has 2 aliphatic heterocycles. The first-order valence-corrected chi connectivity index (χ1v) is 12.1. The minimum Gasteiger partial charge on any atom is -0.449 e. The molecule has 0 bridgehead atoms. The van der Waals surface area contributed by atoms with Crippen LogP contribution in [-0.2, 0) is 18.9 Å². The highest BCUT2D eigenvalue weighted by molar-refractivity contribution is 5.79. The lowest BCUT2D eigenvalue weighted by atomic mass is 9.96. The molecule has 1 aliphatic carbocycles. The summed E-state index contributed by atoms with van der Waals surface area (Å²) in [5, 5.41) is 24.1. The second kappa shape index (κ2) is 9.65. The molecule has 0 aromatic heterocycles. The number of hydrogen-bond acceptors (Lipinski definition) is 7. The van der Waals surface area contributed by atoms with Gasteiger partial charge in [-0.2, -0.15) is 0 Å². The highest BCUT2D eigenvalue weighted by Crippen LogP contribution is 2.44. The molecule has 186 valence electrons. The van der Waals surface area contributed by atoms with Gasteiger partial charge in [0, 0.05) is 11.5 Å². The maximum Gasteiger partial charge on any atom is 0.407 e. The molecule has 0 radical (unpaired) electrons. The predicted molar refractivity (Wildman–Crippen MR) is 129 cm³/mol. The number of alkyl carbamates (subject to hydrolysis) is 1. The maximum absolute atomic E-state index is 12.8. The summed E-state index contributed by atoms with van der Waals surface area (Å²) < 4.78 is 22.9. The zero-order chi connectivity index (χ0) is 24.6. The molecule has 8 nitrogen and oxygen atoms in total. The van der Waals surface area contributed by atoms with Crippen molar-refractivity contribution in [1.82, 2.24) is 5.32 Å². The van der Waals surface area contributed by atoms with Crippen LogP contribution >= 0.6 is 0 Å². The first kappa shape index (κ1) is 23.1. The second-order valence-corrected chi connectivity index (χ2v) is 9.23. The summed E-state index contributed by atoms with van der Waals surface area (Å²) in [6.45, 7) is 0.252. The van der Waals surface area contributed by atoms with E-state index in [4.69, 9.17) is 18.9 Å². The SMILES string of the molecule is O=C(N[C@@H]1[C@@H](O)[C@@H]2OC(c3ccccc3)OC[C@H]2O[C@H]1O)OCC1c2ccccc2-c2ccccc21. The predicted octanol–water partition coefficient (Wildman–Crippen LogP) is 3.09. The van der Waals surface area contributed by atoms with Gasteiger partial charge in [0.05, 0.1) is 6.61 Å². The fourth-order valence-electron chi connectivity index (χ4n) is 5.32. The molecular weight excluding hydrogens is 462 g/mol. The number of benzene rings is 3. The molecule has 3 aromatic rings. The molecule has 2 saturated heterocycles. The average Bonchev–Trinajstić information content (AvgIpc) is 3.24. The van der Waals surface area contributed by atoms with E-state index in [2.05, 4.69) is 17.4 Å². The number of carbonyl (C=O) groups is 1. The third-order valence-corrected chi connectivity index (χ3v) is 7.08. The van der Waals surface area contributed by atoms with Gasteiger partial charge >= 0.3 is 6.09 Å². The summed E-state index contributed by atoms with van der Waals surface area (Å²) in [4.78, 5) is 12.8. The Labute approximate surface area is 208 Å². The quantitative estimate of drug-likeness (QED) is 0.517. The largest absolute Gasteiger partial charge is 0.449 e. The van der Waals surface area contributed by atoms with Crippen LogP contribution in [0.1, 0.15) is 28.9 Å². The molecule has 2 fully saturated rings. The number of nitrogens with one attached hydrogen (secondary N) is 1. The molecule has 2 heterocycles. The Morgan fingerprint density at radius 1 is 0.889 bits per heavy atom. The number of rotatable bonds is 4. The van der Waals surface area contributed by atoms with Gasteiger partial charge in [0.1, 0.15) is 31.0 Å². The molecule has 3 aliphatic rings. The van der Waals surface area contributed by atoms with E-state index >= 15 is 0 Å². The number of aliphatic hydroxyl groups is 2. The van der Waals surface area contributed by atoms with Crippen molar-refractivity contribution in [2.45, 2.75) is 42.9 Å². The third-order valence-electron chi connectivity index (χ3n) is 7.08. The Hall–Kier alpha value is -3.27. The lowest BCUT2D eigenvalue weighted by Gasteiger charge is -2.46. The second-order valence-electron chi connectivity index (χ2n) is 9.23. The highest BCUT2D eigenvalue weighted by atomic mass is 16.7. The summed E-state index contributed by atoms with van der Waals surface area (Å²) in [5.74, 6) is -0.101. The lowest BCUT2D eigenvalue weighted by molar-refractivity contribution is -0.337. The van der Waals surface area contributed by atoms with Gasteiger partial charge in [-0.15, -0.1) is 0 Å². The van der Waals surface area contributed by atoms with Crippen LogP contribution in [0.25, 0.3) is 11.1 Å². The molecule has 6 atom stereocenters. The van der Waals surface area contributed by atoms with Gasteiger partial charge in [-0.3, -0.25) is 0 Å². The standard InChI is InChI=1S/C28H27NO7/c30-24-23(26(31)35-22-15-33-27(36-25(22)24)16-8-2-1-3-9-16)29-28(32)34-14-21-19-12-6-4-10-17(19)18-11-5-7-13-20(18)21/h1-13,21-27,30-31H,14-15H2,(H,29,32)/t22-,23-,24-,25-,26-,27?/m1/s1. The lowest BCUT2D eigenvalue weighted by Crippen LogP contribution is -2.66. The van der Waals surface area contributed by atoms with Gasteiger partial charge in [0.25, 0.3) is 0 Å². The maximum atomic E-state index is 12.8. The number of hydrogen-bond donors (Lipinski definition) is 3. The van der Waals surface area contributed by atoms with Crippen molar-refractivity contribution in [2.24, 2.45) is 0 Å². The Morgan fingerprint density at radius 2 is 1.53 bits per heavy atom. The normalized spacial score (nSPS) is 29.1. The fraction of sp³-hybridized carbons (Fsp3) is 0.321. The molecule has 1 amide bonds. The topological polar surface area (TPSA) is 106 Å². The summed E-state index contributed by atoms with van der Waals surface area (Å²) in [6, 6.07) is 24.3. The van der Waals surface area contributed by atoms with E-state index < -0.39 is 43.0 Å². The van der Waals surface area contributed by atoms with Gasteiger partial charge in [0.2, 0.25) is 0 Å². The van der Waals surface area contributed by atoms with E-state index in [-0.39, 0.29) is 19.1 Å². The van der Waals surface area contributed by atoms with Gasteiger partial charge in [-0.1, -0.05) is 78.9 Å². The monoisotopic (exact) mass is 489 g/mol. The van der Waals surface area contributed by atoms with Crippen LogP contribution < -0.4 is 5.32 Å². The summed E-state index contributed by atoms with van der Waals surface area (Å²) in [5.41, 5.74) is 5.25. The molecule has 3 aromatic carbocycles. The summed E-state index contributed by atoms with van der Waals surface area (Å²) in [7, 11) is 0. The van der Waals surface area contributed by atoms with Crippen LogP contribution in [0.15, 0.2) is 78.9 Å². The van der Waals surface area contributed by atoms with E-state index in [9.17, 15) is 15.0 Å². The molecule has 6 rings (SSSR count). The van der Waals surface area contributed by atoms with Crippen LogP contribution in [0, 0.1) is 0 Å². The van der Waals surface area contributed by atoms with Crippen molar-refractivity contribution in [3.63, 3.8) is 0 Å². The van der Waals surface area contributed by atoms with Crippen molar-refractivity contribution in [2.75, 3.05) is 13.2 Å². The average molecular weight is 490 g/mol. The van der Waals surface area contributed by atoms with E-state index in [0.29, 0.717) is 0 Å². The minimum absolute atomic E-state index is 0.101. The van der Waals surface area contributed by atoms with Crippen molar-refractivity contribution in [3.8, 4) is 11.1 Å². The van der Waals surface area contributed by atoms with Crippen molar-refractivity contribution < 1.29 is 34.0 Å². The third kappa shape index (κ3) is 4.17. The number of carbonyl (C=O) groups excluding carboxylic acids is 1. The zero-order valence-corrected chi connectivity index (χ0v) is 19.4. The van der Waals surface area contributed by atoms with Crippen LogP contribution in [0.3, 0.4) is 0 Å². The Morgan fingerprint density at radius 3 is 2.22 bits per heavy atom. The summed E-state index contributed by atoms with van der Waals surface area (Å²) >= 11 is 0. The van der Waals surface area contributed by atoms with Gasteiger partial charge in [0.15, 0.2) is 12.6 Å². The Balaban J connectivity index is 1.12.